The van der Waals surface area contributed by atoms with Crippen molar-refractivity contribution in [2.24, 2.45) is 0 Å². The minimum Gasteiger partial charge on any atom is -0.447 e. The number of ether oxygens (including phenoxy) is 1. The van der Waals surface area contributed by atoms with E-state index >= 15 is 0 Å². The fourth-order valence-electron chi connectivity index (χ4n) is 2.44. The standard InChI is InChI=1S/C18H18N2O3/c1-12-3-4-14(11-13(12)2)17(21)19-15-5-7-16(8-6-15)20-9-10-23-18(20)22/h3-8,11H,9-10H2,1-2H3,(H,19,21). The van der Waals surface area contributed by atoms with Crippen molar-refractivity contribution < 1.29 is 14.3 Å². The molecule has 1 N–H and O–H groups in total. The topological polar surface area (TPSA) is 58.6 Å². The first kappa shape index (κ1) is 15.1. The molecule has 0 radical (unpaired) electrons. The number of anilines is 2. The van der Waals surface area contributed by atoms with Gasteiger partial charge in [-0.05, 0) is 61.4 Å². The maximum Gasteiger partial charge on any atom is 0.414 e. The highest BCUT2D eigenvalue weighted by Gasteiger charge is 2.23. The van der Waals surface area contributed by atoms with Crippen LogP contribution >= 0.6 is 0 Å². The van der Waals surface area contributed by atoms with Crippen LogP contribution in [0.15, 0.2) is 42.5 Å². The van der Waals surface area contributed by atoms with E-state index in [2.05, 4.69) is 5.32 Å². The molecule has 2 aromatic rings. The normalized spacial score (nSPS) is 13.8. The second-order valence-corrected chi connectivity index (χ2v) is 5.57. The zero-order valence-corrected chi connectivity index (χ0v) is 13.1. The molecule has 0 unspecified atom stereocenters. The van der Waals surface area contributed by atoms with Gasteiger partial charge in [-0.25, -0.2) is 4.79 Å². The lowest BCUT2D eigenvalue weighted by atomic mass is 10.1. The van der Waals surface area contributed by atoms with E-state index in [1.807, 2.05) is 32.0 Å². The largest absolute Gasteiger partial charge is 0.447 e. The average molecular weight is 310 g/mol. The number of carbonyl (C=O) groups excluding carboxylic acids is 2. The number of aryl methyl sites for hydroxylation is 2. The van der Waals surface area contributed by atoms with Crippen LogP contribution < -0.4 is 10.2 Å². The SMILES string of the molecule is Cc1ccc(C(=O)Nc2ccc(N3CCOC3=O)cc2)cc1C. The van der Waals surface area contributed by atoms with Crippen molar-refractivity contribution in [3.8, 4) is 0 Å². The van der Waals surface area contributed by atoms with Crippen LogP contribution in [0.4, 0.5) is 16.2 Å². The van der Waals surface area contributed by atoms with E-state index in [9.17, 15) is 9.59 Å². The molecule has 0 saturated carbocycles. The number of hydrogen-bond donors (Lipinski definition) is 1. The first-order chi connectivity index (χ1) is 11.0. The smallest absolute Gasteiger partial charge is 0.414 e. The highest BCUT2D eigenvalue weighted by atomic mass is 16.6. The predicted octanol–water partition coefficient (Wildman–Crippen LogP) is 3.51. The summed E-state index contributed by atoms with van der Waals surface area (Å²) in [6.45, 7) is 4.95. The summed E-state index contributed by atoms with van der Waals surface area (Å²) in [5.74, 6) is -0.151. The Balaban J connectivity index is 1.71. The van der Waals surface area contributed by atoms with Crippen LogP contribution in [-0.2, 0) is 4.74 Å². The van der Waals surface area contributed by atoms with Crippen LogP contribution in [0.1, 0.15) is 21.5 Å². The number of cyclic esters (lactones) is 1. The molecular formula is C18H18N2O3. The van der Waals surface area contributed by atoms with Gasteiger partial charge in [0, 0.05) is 16.9 Å². The van der Waals surface area contributed by atoms with Gasteiger partial charge in [0.2, 0.25) is 0 Å². The summed E-state index contributed by atoms with van der Waals surface area (Å²) in [5, 5.41) is 2.86. The molecule has 1 aliphatic heterocycles. The van der Waals surface area contributed by atoms with Gasteiger partial charge in [0.25, 0.3) is 5.91 Å². The van der Waals surface area contributed by atoms with Gasteiger partial charge in [-0.1, -0.05) is 6.07 Å². The highest BCUT2D eigenvalue weighted by molar-refractivity contribution is 6.04. The van der Waals surface area contributed by atoms with Gasteiger partial charge in [0.15, 0.2) is 0 Å². The number of rotatable bonds is 3. The van der Waals surface area contributed by atoms with Gasteiger partial charge < -0.3 is 10.1 Å². The molecule has 1 saturated heterocycles. The Hall–Kier alpha value is -2.82. The Kier molecular flexibility index (Phi) is 4.02. The summed E-state index contributed by atoms with van der Waals surface area (Å²) in [4.78, 5) is 25.4. The molecule has 1 heterocycles. The summed E-state index contributed by atoms with van der Waals surface area (Å²) < 4.78 is 4.91. The monoisotopic (exact) mass is 310 g/mol. The lowest BCUT2D eigenvalue weighted by Crippen LogP contribution is -2.23. The van der Waals surface area contributed by atoms with Gasteiger partial charge in [-0.3, -0.25) is 9.69 Å². The maximum absolute atomic E-state index is 12.3. The van der Waals surface area contributed by atoms with E-state index in [0.29, 0.717) is 24.4 Å². The molecule has 118 valence electrons. The van der Waals surface area contributed by atoms with Gasteiger partial charge in [-0.15, -0.1) is 0 Å². The van der Waals surface area contributed by atoms with E-state index in [1.165, 1.54) is 0 Å². The molecule has 0 aromatic heterocycles. The lowest BCUT2D eigenvalue weighted by molar-refractivity contribution is 0.102. The van der Waals surface area contributed by atoms with Gasteiger partial charge in [0.05, 0.1) is 6.54 Å². The van der Waals surface area contributed by atoms with E-state index in [4.69, 9.17) is 4.74 Å². The molecule has 1 fully saturated rings. The minimum absolute atomic E-state index is 0.151. The minimum atomic E-state index is -0.336. The number of nitrogens with one attached hydrogen (secondary N) is 1. The van der Waals surface area contributed by atoms with Crippen LogP contribution in [0.5, 0.6) is 0 Å². The molecule has 1 aliphatic rings. The summed E-state index contributed by atoms with van der Waals surface area (Å²) in [6, 6.07) is 12.8. The molecule has 3 rings (SSSR count). The van der Waals surface area contributed by atoms with Crippen LogP contribution in [-0.4, -0.2) is 25.2 Å². The van der Waals surface area contributed by atoms with Gasteiger partial charge >= 0.3 is 6.09 Å². The number of carbonyl (C=O) groups is 2. The third-order valence-corrected chi connectivity index (χ3v) is 3.97. The van der Waals surface area contributed by atoms with Crippen molar-refractivity contribution in [1.29, 1.82) is 0 Å². The first-order valence-electron chi connectivity index (χ1n) is 7.47. The Morgan fingerprint density at radius 2 is 1.83 bits per heavy atom. The van der Waals surface area contributed by atoms with Gasteiger partial charge in [-0.2, -0.15) is 0 Å². The Morgan fingerprint density at radius 3 is 2.43 bits per heavy atom. The van der Waals surface area contributed by atoms with Crippen molar-refractivity contribution in [2.45, 2.75) is 13.8 Å². The van der Waals surface area contributed by atoms with Gasteiger partial charge in [0.1, 0.15) is 6.61 Å². The molecule has 2 aromatic carbocycles. The predicted molar refractivity (Wildman–Crippen MR) is 89.0 cm³/mol. The van der Waals surface area contributed by atoms with Crippen molar-refractivity contribution in [3.05, 3.63) is 59.2 Å². The van der Waals surface area contributed by atoms with Crippen molar-refractivity contribution >= 4 is 23.4 Å². The summed E-state index contributed by atoms with van der Waals surface area (Å²) in [7, 11) is 0. The zero-order valence-electron chi connectivity index (χ0n) is 13.1. The molecule has 0 bridgehead atoms. The molecular weight excluding hydrogens is 292 g/mol. The Morgan fingerprint density at radius 1 is 1.09 bits per heavy atom. The molecule has 0 atom stereocenters. The number of benzene rings is 2. The van der Waals surface area contributed by atoms with E-state index < -0.39 is 0 Å². The fourth-order valence-corrected chi connectivity index (χ4v) is 2.44. The third kappa shape index (κ3) is 3.18. The third-order valence-electron chi connectivity index (χ3n) is 3.97. The Bertz CT molecular complexity index is 753. The van der Waals surface area contributed by atoms with Crippen LogP contribution in [0.25, 0.3) is 0 Å². The molecule has 2 amide bonds. The van der Waals surface area contributed by atoms with Crippen LogP contribution in [0, 0.1) is 13.8 Å². The van der Waals surface area contributed by atoms with E-state index in [1.54, 1.807) is 29.2 Å². The molecule has 0 spiro atoms. The number of nitrogens with zero attached hydrogens (tertiary/aromatic N) is 1. The molecule has 5 heteroatoms. The first-order valence-corrected chi connectivity index (χ1v) is 7.47. The Labute approximate surface area is 134 Å². The van der Waals surface area contributed by atoms with Crippen LogP contribution in [0.2, 0.25) is 0 Å². The van der Waals surface area contributed by atoms with Crippen molar-refractivity contribution in [3.63, 3.8) is 0 Å². The summed E-state index contributed by atoms with van der Waals surface area (Å²) in [5.41, 5.74) is 4.31. The molecule has 0 aliphatic carbocycles. The summed E-state index contributed by atoms with van der Waals surface area (Å²) in [6.07, 6.45) is -0.336. The second-order valence-electron chi connectivity index (χ2n) is 5.57. The number of hydrogen-bond acceptors (Lipinski definition) is 3. The van der Waals surface area contributed by atoms with Crippen molar-refractivity contribution in [1.82, 2.24) is 0 Å². The van der Waals surface area contributed by atoms with Crippen molar-refractivity contribution in [2.75, 3.05) is 23.4 Å². The lowest BCUT2D eigenvalue weighted by Gasteiger charge is -2.13. The maximum atomic E-state index is 12.3. The average Bonchev–Trinajstić information content (AvgIpc) is 2.97. The van der Waals surface area contributed by atoms with Crippen LogP contribution in [0.3, 0.4) is 0 Å². The molecule has 23 heavy (non-hydrogen) atoms. The molecule has 5 nitrogen and oxygen atoms in total. The summed E-state index contributed by atoms with van der Waals surface area (Å²) >= 11 is 0. The second kappa shape index (κ2) is 6.12. The quantitative estimate of drug-likeness (QED) is 0.943. The van der Waals surface area contributed by atoms with E-state index in [0.717, 1.165) is 16.8 Å². The number of amides is 2. The zero-order chi connectivity index (χ0) is 16.4. The van der Waals surface area contributed by atoms with E-state index in [-0.39, 0.29) is 12.0 Å². The highest BCUT2D eigenvalue weighted by Crippen LogP contribution is 2.21. The fraction of sp³-hybridized carbons (Fsp3) is 0.222.